The molecule has 2 aromatic rings. The van der Waals surface area contributed by atoms with Gasteiger partial charge in [0.25, 0.3) is 0 Å². The molecule has 0 amide bonds. The minimum absolute atomic E-state index is 0.262. The van der Waals surface area contributed by atoms with Gasteiger partial charge in [-0.15, -0.1) is 0 Å². The lowest BCUT2D eigenvalue weighted by Gasteiger charge is -2.22. The Labute approximate surface area is 131 Å². The van der Waals surface area contributed by atoms with Gasteiger partial charge in [0.1, 0.15) is 17.4 Å². The van der Waals surface area contributed by atoms with Crippen LogP contribution in [-0.2, 0) is 0 Å². The van der Waals surface area contributed by atoms with Gasteiger partial charge in [0.15, 0.2) is 0 Å². The monoisotopic (exact) mass is 355 g/mol. The van der Waals surface area contributed by atoms with Crippen LogP contribution in [0, 0.1) is 11.6 Å². The fourth-order valence-electron chi connectivity index (χ4n) is 2.25. The van der Waals surface area contributed by atoms with Crippen LogP contribution in [0.1, 0.15) is 24.1 Å². The van der Waals surface area contributed by atoms with E-state index >= 15 is 0 Å². The van der Waals surface area contributed by atoms with E-state index in [4.69, 9.17) is 4.74 Å². The predicted molar refractivity (Wildman–Crippen MR) is 82.6 cm³/mol. The van der Waals surface area contributed by atoms with Crippen LogP contribution in [0.25, 0.3) is 0 Å². The normalized spacial score (nSPS) is 12.2. The minimum Gasteiger partial charge on any atom is -0.496 e. The molecule has 0 bridgehead atoms. The molecule has 0 saturated carbocycles. The molecule has 0 spiro atoms. The first kappa shape index (κ1) is 15.9. The van der Waals surface area contributed by atoms with Crippen molar-refractivity contribution in [2.75, 3.05) is 13.7 Å². The van der Waals surface area contributed by atoms with Crippen molar-refractivity contribution in [1.29, 1.82) is 0 Å². The highest BCUT2D eigenvalue weighted by Gasteiger charge is 2.21. The van der Waals surface area contributed by atoms with E-state index in [1.165, 1.54) is 6.07 Å². The molecule has 2 aromatic carbocycles. The molecule has 0 aliphatic heterocycles. The quantitative estimate of drug-likeness (QED) is 0.856. The third kappa shape index (κ3) is 3.60. The third-order valence-electron chi connectivity index (χ3n) is 3.18. The van der Waals surface area contributed by atoms with Gasteiger partial charge in [-0.2, -0.15) is 0 Å². The Morgan fingerprint density at radius 2 is 1.90 bits per heavy atom. The number of nitrogens with one attached hydrogen (secondary N) is 1. The molecular weight excluding hydrogens is 340 g/mol. The summed E-state index contributed by atoms with van der Waals surface area (Å²) in [5.41, 5.74) is 1.02. The molecule has 0 saturated heterocycles. The Morgan fingerprint density at radius 3 is 2.57 bits per heavy atom. The van der Waals surface area contributed by atoms with Gasteiger partial charge in [0.2, 0.25) is 0 Å². The Balaban J connectivity index is 2.55. The lowest BCUT2D eigenvalue weighted by Crippen LogP contribution is -2.23. The zero-order chi connectivity index (χ0) is 15.4. The summed E-state index contributed by atoms with van der Waals surface area (Å²) in [5, 5.41) is 3.18. The maximum absolute atomic E-state index is 14.1. The highest BCUT2D eigenvalue weighted by molar-refractivity contribution is 9.10. The van der Waals surface area contributed by atoms with E-state index in [1.807, 2.05) is 19.1 Å². The summed E-state index contributed by atoms with van der Waals surface area (Å²) in [6, 6.07) is 8.47. The van der Waals surface area contributed by atoms with Crippen molar-refractivity contribution in [2.24, 2.45) is 0 Å². The second kappa shape index (κ2) is 7.00. The van der Waals surface area contributed by atoms with Gasteiger partial charge >= 0.3 is 0 Å². The van der Waals surface area contributed by atoms with Gasteiger partial charge in [-0.1, -0.05) is 28.9 Å². The van der Waals surface area contributed by atoms with E-state index in [0.717, 1.165) is 22.2 Å². The Kier molecular flexibility index (Phi) is 5.31. The van der Waals surface area contributed by atoms with Crippen molar-refractivity contribution >= 4 is 15.9 Å². The smallest absolute Gasteiger partial charge is 0.128 e. The average Bonchev–Trinajstić information content (AvgIpc) is 2.48. The number of ether oxygens (including phenoxy) is 1. The number of rotatable bonds is 5. The highest BCUT2D eigenvalue weighted by atomic mass is 79.9. The Bertz CT molecular complexity index is 634. The van der Waals surface area contributed by atoms with Crippen LogP contribution >= 0.6 is 15.9 Å². The molecule has 1 N–H and O–H groups in total. The molecule has 2 rings (SSSR count). The molecule has 0 aliphatic rings. The van der Waals surface area contributed by atoms with Crippen LogP contribution < -0.4 is 10.1 Å². The number of hydrogen-bond acceptors (Lipinski definition) is 2. The molecule has 0 aromatic heterocycles. The molecule has 2 nitrogen and oxygen atoms in total. The maximum Gasteiger partial charge on any atom is 0.128 e. The first-order valence-corrected chi connectivity index (χ1v) is 7.38. The zero-order valence-corrected chi connectivity index (χ0v) is 13.4. The number of methoxy groups -OCH3 is 1. The third-order valence-corrected chi connectivity index (χ3v) is 3.68. The van der Waals surface area contributed by atoms with E-state index < -0.39 is 17.7 Å². The van der Waals surface area contributed by atoms with E-state index in [-0.39, 0.29) is 5.56 Å². The van der Waals surface area contributed by atoms with Gasteiger partial charge < -0.3 is 10.1 Å². The molecular formula is C16H16BrF2NO. The van der Waals surface area contributed by atoms with E-state index in [1.54, 1.807) is 13.2 Å². The lowest BCUT2D eigenvalue weighted by molar-refractivity contribution is 0.403. The van der Waals surface area contributed by atoms with E-state index in [2.05, 4.69) is 21.2 Å². The molecule has 0 radical (unpaired) electrons. The van der Waals surface area contributed by atoms with Crippen molar-refractivity contribution in [1.82, 2.24) is 5.32 Å². The lowest BCUT2D eigenvalue weighted by atomic mass is 9.97. The molecule has 5 heteroatoms. The van der Waals surface area contributed by atoms with Gasteiger partial charge in [-0.25, -0.2) is 8.78 Å². The highest BCUT2D eigenvalue weighted by Crippen LogP contribution is 2.33. The molecule has 1 atom stereocenters. The maximum atomic E-state index is 14.1. The van der Waals surface area contributed by atoms with Crippen LogP contribution in [0.3, 0.4) is 0 Å². The van der Waals surface area contributed by atoms with Crippen molar-refractivity contribution in [3.63, 3.8) is 0 Å². The summed E-state index contributed by atoms with van der Waals surface area (Å²) in [7, 11) is 1.55. The molecule has 0 aliphatic carbocycles. The van der Waals surface area contributed by atoms with Crippen LogP contribution in [0.4, 0.5) is 8.78 Å². The number of hydrogen-bond donors (Lipinski definition) is 1. The van der Waals surface area contributed by atoms with Crippen LogP contribution in [0.2, 0.25) is 0 Å². The molecule has 0 fully saturated rings. The summed E-state index contributed by atoms with van der Waals surface area (Å²) in [4.78, 5) is 0. The summed E-state index contributed by atoms with van der Waals surface area (Å²) in [6.07, 6.45) is 0. The SMILES string of the molecule is CCNC(c1cc(F)ccc1F)c1ccc(Br)cc1OC. The number of benzene rings is 2. The van der Waals surface area contributed by atoms with Crippen LogP contribution in [0.5, 0.6) is 5.75 Å². The van der Waals surface area contributed by atoms with Crippen molar-refractivity contribution in [2.45, 2.75) is 13.0 Å². The minimum atomic E-state index is -0.478. The number of halogens is 3. The second-order valence-corrected chi connectivity index (χ2v) is 5.46. The van der Waals surface area contributed by atoms with Crippen LogP contribution in [0.15, 0.2) is 40.9 Å². The fraction of sp³-hybridized carbons (Fsp3) is 0.250. The average molecular weight is 356 g/mol. The van der Waals surface area contributed by atoms with Gasteiger partial charge in [-0.3, -0.25) is 0 Å². The van der Waals surface area contributed by atoms with Crippen molar-refractivity contribution < 1.29 is 13.5 Å². The van der Waals surface area contributed by atoms with E-state index in [9.17, 15) is 8.78 Å². The second-order valence-electron chi connectivity index (χ2n) is 4.54. The summed E-state index contributed by atoms with van der Waals surface area (Å²) in [6.45, 7) is 2.52. The molecule has 112 valence electrons. The first-order valence-electron chi connectivity index (χ1n) is 6.58. The summed E-state index contributed by atoms with van der Waals surface area (Å²) < 4.78 is 33.8. The largest absolute Gasteiger partial charge is 0.496 e. The molecule has 21 heavy (non-hydrogen) atoms. The molecule has 0 heterocycles. The standard InChI is InChI=1S/C16H16BrF2NO/c1-3-20-16(13-9-11(18)5-7-14(13)19)12-6-4-10(17)8-15(12)21-2/h4-9,16,20H,3H2,1-2H3. The topological polar surface area (TPSA) is 21.3 Å². The van der Waals surface area contributed by atoms with Crippen molar-refractivity contribution in [3.05, 3.63) is 63.6 Å². The predicted octanol–water partition coefficient (Wildman–Crippen LogP) is 4.43. The Hall–Kier alpha value is -1.46. The van der Waals surface area contributed by atoms with Gasteiger partial charge in [0, 0.05) is 15.6 Å². The fourth-order valence-corrected chi connectivity index (χ4v) is 2.59. The summed E-state index contributed by atoms with van der Waals surface area (Å²) >= 11 is 3.37. The van der Waals surface area contributed by atoms with Crippen molar-refractivity contribution in [3.8, 4) is 5.75 Å². The van der Waals surface area contributed by atoms with Gasteiger partial charge in [-0.05, 0) is 36.9 Å². The molecule has 1 unspecified atom stereocenters. The Morgan fingerprint density at radius 1 is 1.14 bits per heavy atom. The van der Waals surface area contributed by atoms with Crippen LogP contribution in [-0.4, -0.2) is 13.7 Å². The summed E-state index contributed by atoms with van der Waals surface area (Å²) in [5.74, 6) is -0.309. The van der Waals surface area contributed by atoms with Gasteiger partial charge in [0.05, 0.1) is 13.2 Å². The van der Waals surface area contributed by atoms with E-state index in [0.29, 0.717) is 12.3 Å². The first-order chi connectivity index (χ1) is 10.1. The zero-order valence-electron chi connectivity index (χ0n) is 11.8.